The molecule has 2 heterocycles. The van der Waals surface area contributed by atoms with E-state index in [1.165, 1.54) is 6.08 Å². The first kappa shape index (κ1) is 15.3. The lowest BCUT2D eigenvalue weighted by Crippen LogP contribution is -2.34. The largest absolute Gasteiger partial charge is 0.395 e. The van der Waals surface area contributed by atoms with E-state index >= 15 is 0 Å². The third-order valence-electron chi connectivity index (χ3n) is 4.18. The van der Waals surface area contributed by atoms with Crippen LogP contribution in [0, 0.1) is 0 Å². The summed E-state index contributed by atoms with van der Waals surface area (Å²) < 4.78 is 0. The molecule has 25 heavy (non-hydrogen) atoms. The van der Waals surface area contributed by atoms with Gasteiger partial charge in [0.25, 0.3) is 11.8 Å². The van der Waals surface area contributed by atoms with Crippen LogP contribution in [-0.2, 0) is 9.59 Å². The number of nitrogens with zero attached hydrogens (tertiary/aromatic N) is 2. The molecule has 4 rings (SSSR count). The van der Waals surface area contributed by atoms with Crippen molar-refractivity contribution in [1.29, 1.82) is 0 Å². The van der Waals surface area contributed by atoms with E-state index in [0.717, 1.165) is 32.4 Å². The number of carbonyl (C=O) groups is 2. The van der Waals surface area contributed by atoms with E-state index in [-0.39, 0.29) is 18.8 Å². The van der Waals surface area contributed by atoms with E-state index < -0.39 is 11.8 Å². The van der Waals surface area contributed by atoms with E-state index in [1.54, 1.807) is 0 Å². The fourth-order valence-electron chi connectivity index (χ4n) is 3.02. The summed E-state index contributed by atoms with van der Waals surface area (Å²) in [5.41, 5.74) is 2.53. The van der Waals surface area contributed by atoms with E-state index in [0.29, 0.717) is 0 Å². The molecule has 0 atom stereocenters. The molecule has 0 saturated carbocycles. The van der Waals surface area contributed by atoms with Crippen molar-refractivity contribution in [1.82, 2.24) is 9.88 Å². The van der Waals surface area contributed by atoms with Gasteiger partial charge in [0.2, 0.25) is 0 Å². The average molecular weight is 333 g/mol. The highest BCUT2D eigenvalue weighted by molar-refractivity contribution is 6.19. The predicted octanol–water partition coefficient (Wildman–Crippen LogP) is 2.04. The Labute approximate surface area is 143 Å². The summed E-state index contributed by atoms with van der Waals surface area (Å²) in [4.78, 5) is 30.1. The van der Waals surface area contributed by atoms with Crippen molar-refractivity contribution >= 4 is 39.3 Å². The maximum absolute atomic E-state index is 12.4. The van der Waals surface area contributed by atoms with Gasteiger partial charge >= 0.3 is 0 Å². The number of pyridine rings is 1. The molecule has 6 heteroatoms. The number of hydrogen-bond donors (Lipinski definition) is 2. The molecule has 2 amide bonds. The smallest absolute Gasteiger partial charge is 0.277 e. The first-order valence-corrected chi connectivity index (χ1v) is 7.92. The fraction of sp³-hybridized carbons (Fsp3) is 0.105. The number of rotatable bonds is 4. The lowest BCUT2D eigenvalue weighted by atomic mass is 10.1. The van der Waals surface area contributed by atoms with Crippen LogP contribution in [0.15, 0.2) is 60.3 Å². The molecule has 3 aromatic rings. The Morgan fingerprint density at radius 1 is 0.960 bits per heavy atom. The minimum atomic E-state index is -0.441. The lowest BCUT2D eigenvalue weighted by Gasteiger charge is -2.15. The zero-order valence-electron chi connectivity index (χ0n) is 13.3. The molecule has 6 nitrogen and oxygen atoms in total. The summed E-state index contributed by atoms with van der Waals surface area (Å²) in [6.07, 6.45) is 1.27. The van der Waals surface area contributed by atoms with E-state index in [2.05, 4.69) is 10.3 Å². The Morgan fingerprint density at radius 3 is 2.16 bits per heavy atom. The summed E-state index contributed by atoms with van der Waals surface area (Å²) in [6.45, 7) is -0.281. The lowest BCUT2D eigenvalue weighted by molar-refractivity contribution is -0.137. The number of aromatic nitrogens is 1. The van der Waals surface area contributed by atoms with Crippen molar-refractivity contribution in [2.75, 3.05) is 18.5 Å². The standard InChI is InChI=1S/C19H15N3O3/c23-10-9-22-17(24)11-16(19(22)25)21-18-12-5-1-3-7-14(12)20-15-8-4-2-6-13(15)18/h1-8,11,23H,9-10H2,(H,20,21). The Morgan fingerprint density at radius 2 is 1.56 bits per heavy atom. The van der Waals surface area contributed by atoms with Gasteiger partial charge in [-0.1, -0.05) is 36.4 Å². The topological polar surface area (TPSA) is 82.5 Å². The highest BCUT2D eigenvalue weighted by atomic mass is 16.3. The van der Waals surface area contributed by atoms with Crippen LogP contribution in [0.5, 0.6) is 0 Å². The van der Waals surface area contributed by atoms with Crippen molar-refractivity contribution in [2.24, 2.45) is 0 Å². The van der Waals surface area contributed by atoms with Crippen molar-refractivity contribution in [3.8, 4) is 0 Å². The normalized spacial score (nSPS) is 14.4. The molecule has 1 aliphatic heterocycles. The van der Waals surface area contributed by atoms with Crippen LogP contribution in [0.1, 0.15) is 0 Å². The number of carbonyl (C=O) groups excluding carboxylic acids is 2. The van der Waals surface area contributed by atoms with Crippen molar-refractivity contribution in [3.63, 3.8) is 0 Å². The molecule has 2 N–H and O–H groups in total. The number of aliphatic hydroxyl groups is 1. The highest BCUT2D eigenvalue weighted by Gasteiger charge is 2.31. The van der Waals surface area contributed by atoms with Crippen LogP contribution in [0.2, 0.25) is 0 Å². The summed E-state index contributed by atoms with van der Waals surface area (Å²) in [5, 5.41) is 13.9. The number of benzene rings is 2. The summed E-state index contributed by atoms with van der Waals surface area (Å²) >= 11 is 0. The van der Waals surface area contributed by atoms with Crippen molar-refractivity contribution in [3.05, 3.63) is 60.3 Å². The summed E-state index contributed by atoms with van der Waals surface area (Å²) in [5.74, 6) is -0.867. The third kappa shape index (κ3) is 2.53. The SMILES string of the molecule is O=C1C=C(Nc2c3ccccc3nc3ccccc23)C(=O)N1CCO. The van der Waals surface area contributed by atoms with Gasteiger partial charge in [-0.25, -0.2) is 4.98 Å². The fourth-order valence-corrected chi connectivity index (χ4v) is 3.02. The second-order valence-electron chi connectivity index (χ2n) is 5.72. The van der Waals surface area contributed by atoms with Crippen LogP contribution in [0.4, 0.5) is 5.69 Å². The zero-order valence-corrected chi connectivity index (χ0v) is 13.3. The summed E-state index contributed by atoms with van der Waals surface area (Å²) in [6, 6.07) is 15.3. The molecule has 0 bridgehead atoms. The maximum atomic E-state index is 12.4. The van der Waals surface area contributed by atoms with Gasteiger partial charge < -0.3 is 10.4 Å². The molecule has 0 aliphatic carbocycles. The van der Waals surface area contributed by atoms with E-state index in [4.69, 9.17) is 5.11 Å². The quantitative estimate of drug-likeness (QED) is 0.564. The van der Waals surface area contributed by atoms with E-state index in [9.17, 15) is 9.59 Å². The Balaban J connectivity index is 1.85. The number of anilines is 1. The first-order chi connectivity index (χ1) is 12.2. The predicted molar refractivity (Wildman–Crippen MR) is 94.8 cm³/mol. The molecular formula is C19H15N3O3. The zero-order chi connectivity index (χ0) is 17.4. The number of amides is 2. The van der Waals surface area contributed by atoms with Gasteiger partial charge in [-0.15, -0.1) is 0 Å². The maximum Gasteiger partial charge on any atom is 0.277 e. The molecule has 0 unspecified atom stereocenters. The number of aliphatic hydroxyl groups excluding tert-OH is 1. The second kappa shape index (κ2) is 5.99. The van der Waals surface area contributed by atoms with Gasteiger partial charge in [0.05, 0.1) is 29.9 Å². The van der Waals surface area contributed by atoms with Crippen LogP contribution in [0.3, 0.4) is 0 Å². The number of fused-ring (bicyclic) bond motifs is 2. The third-order valence-corrected chi connectivity index (χ3v) is 4.18. The van der Waals surface area contributed by atoms with Gasteiger partial charge in [-0.2, -0.15) is 0 Å². The minimum Gasteiger partial charge on any atom is -0.395 e. The van der Waals surface area contributed by atoms with Gasteiger partial charge in [-0.05, 0) is 12.1 Å². The Bertz CT molecular complexity index is 988. The number of β-amino-alcohol motifs (C(OH)–C–C–N with tert-alkyl or cyclic N) is 1. The van der Waals surface area contributed by atoms with Crippen LogP contribution in [0.25, 0.3) is 21.8 Å². The number of nitrogens with one attached hydrogen (secondary N) is 1. The van der Waals surface area contributed by atoms with E-state index in [1.807, 2.05) is 48.5 Å². The minimum absolute atomic E-state index is 0.0167. The molecule has 0 saturated heterocycles. The van der Waals surface area contributed by atoms with Crippen LogP contribution in [-0.4, -0.2) is 40.0 Å². The van der Waals surface area contributed by atoms with Crippen molar-refractivity contribution in [2.45, 2.75) is 0 Å². The molecule has 1 aromatic heterocycles. The molecule has 0 spiro atoms. The molecular weight excluding hydrogens is 318 g/mol. The average Bonchev–Trinajstić information content (AvgIpc) is 2.89. The Hall–Kier alpha value is -3.25. The van der Waals surface area contributed by atoms with Crippen LogP contribution < -0.4 is 5.32 Å². The summed E-state index contributed by atoms with van der Waals surface area (Å²) in [7, 11) is 0. The second-order valence-corrected chi connectivity index (χ2v) is 5.72. The molecule has 0 radical (unpaired) electrons. The van der Waals surface area contributed by atoms with Gasteiger partial charge in [0.1, 0.15) is 5.70 Å². The molecule has 2 aromatic carbocycles. The molecule has 1 aliphatic rings. The highest BCUT2D eigenvalue weighted by Crippen LogP contribution is 2.32. The monoisotopic (exact) mass is 333 g/mol. The van der Waals surface area contributed by atoms with Gasteiger partial charge in [-0.3, -0.25) is 14.5 Å². The number of para-hydroxylation sites is 2. The Kier molecular flexibility index (Phi) is 3.66. The van der Waals surface area contributed by atoms with Crippen molar-refractivity contribution < 1.29 is 14.7 Å². The number of imide groups is 1. The molecule has 0 fully saturated rings. The van der Waals surface area contributed by atoms with Gasteiger partial charge in [0.15, 0.2) is 0 Å². The van der Waals surface area contributed by atoms with Gasteiger partial charge in [0, 0.05) is 16.8 Å². The number of hydrogen-bond acceptors (Lipinski definition) is 5. The first-order valence-electron chi connectivity index (χ1n) is 7.92. The van der Waals surface area contributed by atoms with Crippen LogP contribution >= 0.6 is 0 Å². The molecule has 124 valence electrons.